The van der Waals surface area contributed by atoms with Crippen LogP contribution < -0.4 is 5.73 Å². The maximum Gasteiger partial charge on any atom is 0.253 e. The lowest BCUT2D eigenvalue weighted by molar-refractivity contribution is -0.118. The van der Waals surface area contributed by atoms with Crippen molar-refractivity contribution in [3.8, 4) is 0 Å². The normalized spacial score (nSPS) is 18.7. The molecule has 0 atom stereocenters. The molecule has 2 amide bonds. The van der Waals surface area contributed by atoms with Gasteiger partial charge in [-0.2, -0.15) is 0 Å². The Morgan fingerprint density at radius 1 is 0.912 bits per heavy atom. The Labute approximate surface area is 207 Å². The SMILES string of the molecule is NC(=O)CCN1CCCC1.O=C(c1ccc2c(Cl)c3c(nc2c1)CCCC3)N1CCCCCC1. The molecule has 2 aliphatic heterocycles. The topological polar surface area (TPSA) is 79.5 Å². The van der Waals surface area contributed by atoms with E-state index < -0.39 is 0 Å². The fraction of sp³-hybridized carbons (Fsp3) is 0.593. The molecular weight excluding hydrogens is 448 g/mol. The van der Waals surface area contributed by atoms with Crippen LogP contribution in [0.5, 0.6) is 0 Å². The number of aromatic nitrogens is 1. The average Bonchev–Trinajstić information content (AvgIpc) is 3.23. The van der Waals surface area contributed by atoms with E-state index in [2.05, 4.69) is 4.90 Å². The first-order valence-electron chi connectivity index (χ1n) is 12.9. The number of nitrogens with zero attached hydrogens (tertiary/aromatic N) is 3. The smallest absolute Gasteiger partial charge is 0.253 e. The van der Waals surface area contributed by atoms with Crippen LogP contribution in [-0.2, 0) is 17.6 Å². The highest BCUT2D eigenvalue weighted by atomic mass is 35.5. The molecule has 1 aromatic heterocycles. The Hall–Kier alpha value is -2.18. The van der Waals surface area contributed by atoms with Crippen LogP contribution in [0.25, 0.3) is 10.9 Å². The summed E-state index contributed by atoms with van der Waals surface area (Å²) in [6, 6.07) is 5.83. The van der Waals surface area contributed by atoms with E-state index in [0.29, 0.717) is 6.42 Å². The Kier molecular flexibility index (Phi) is 8.79. The highest BCUT2D eigenvalue weighted by Crippen LogP contribution is 2.33. The highest BCUT2D eigenvalue weighted by molar-refractivity contribution is 6.36. The maximum absolute atomic E-state index is 12.8. The second kappa shape index (κ2) is 12.0. The minimum Gasteiger partial charge on any atom is -0.370 e. The molecule has 184 valence electrons. The molecule has 5 rings (SSSR count). The molecular formula is C27H37ClN4O2. The summed E-state index contributed by atoms with van der Waals surface area (Å²) in [5.74, 6) is -0.0543. The molecule has 2 saturated heterocycles. The molecule has 0 radical (unpaired) electrons. The largest absolute Gasteiger partial charge is 0.370 e. The molecule has 6 nitrogen and oxygen atoms in total. The second-order valence-corrected chi connectivity index (χ2v) is 10.1. The van der Waals surface area contributed by atoms with E-state index in [0.717, 1.165) is 85.6 Å². The van der Waals surface area contributed by atoms with Crippen LogP contribution in [0.1, 0.15) is 79.4 Å². The van der Waals surface area contributed by atoms with E-state index in [1.54, 1.807) is 0 Å². The summed E-state index contributed by atoms with van der Waals surface area (Å²) in [6.45, 7) is 4.89. The third-order valence-corrected chi connectivity index (χ3v) is 7.64. The summed E-state index contributed by atoms with van der Waals surface area (Å²) < 4.78 is 0. The van der Waals surface area contributed by atoms with Crippen LogP contribution in [0.2, 0.25) is 5.02 Å². The number of carbonyl (C=O) groups excluding carboxylic acids is 2. The average molecular weight is 485 g/mol. The number of primary amides is 1. The van der Waals surface area contributed by atoms with Gasteiger partial charge in [0.25, 0.3) is 5.91 Å². The van der Waals surface area contributed by atoms with Gasteiger partial charge in [0, 0.05) is 42.7 Å². The fourth-order valence-electron chi connectivity index (χ4n) is 5.23. The zero-order valence-electron chi connectivity index (χ0n) is 20.2. The molecule has 3 aliphatic rings. The van der Waals surface area contributed by atoms with E-state index in [1.165, 1.54) is 44.1 Å². The number of aryl methyl sites for hydroxylation is 1. The number of halogens is 1. The van der Waals surface area contributed by atoms with Gasteiger partial charge in [0.15, 0.2) is 0 Å². The van der Waals surface area contributed by atoms with Crippen molar-refractivity contribution < 1.29 is 9.59 Å². The lowest BCUT2D eigenvalue weighted by Crippen LogP contribution is -2.31. The monoisotopic (exact) mass is 484 g/mol. The number of likely N-dealkylation sites (tertiary alicyclic amines) is 2. The van der Waals surface area contributed by atoms with Crippen LogP contribution in [0.15, 0.2) is 18.2 Å². The van der Waals surface area contributed by atoms with Crippen molar-refractivity contribution in [3.05, 3.63) is 40.0 Å². The van der Waals surface area contributed by atoms with Crippen molar-refractivity contribution in [2.24, 2.45) is 5.73 Å². The second-order valence-electron chi connectivity index (χ2n) is 9.76. The quantitative estimate of drug-likeness (QED) is 0.679. The highest BCUT2D eigenvalue weighted by Gasteiger charge is 2.20. The van der Waals surface area contributed by atoms with Crippen molar-refractivity contribution in [2.45, 2.75) is 70.6 Å². The molecule has 2 aromatic rings. The van der Waals surface area contributed by atoms with Gasteiger partial charge in [-0.3, -0.25) is 14.6 Å². The third-order valence-electron chi connectivity index (χ3n) is 7.21. The zero-order valence-corrected chi connectivity index (χ0v) is 20.9. The van der Waals surface area contributed by atoms with E-state index in [9.17, 15) is 9.59 Å². The molecule has 0 unspecified atom stereocenters. The predicted molar refractivity (Wildman–Crippen MR) is 137 cm³/mol. The van der Waals surface area contributed by atoms with E-state index in [1.807, 2.05) is 23.1 Å². The molecule has 2 fully saturated rings. The first-order valence-corrected chi connectivity index (χ1v) is 13.3. The molecule has 34 heavy (non-hydrogen) atoms. The Balaban J connectivity index is 0.000000231. The minimum absolute atomic E-state index is 0.134. The predicted octanol–water partition coefficient (Wildman–Crippen LogP) is 4.74. The van der Waals surface area contributed by atoms with Gasteiger partial charge in [-0.25, -0.2) is 0 Å². The van der Waals surface area contributed by atoms with Crippen LogP contribution >= 0.6 is 11.6 Å². The number of fused-ring (bicyclic) bond motifs is 2. The number of amides is 2. The van der Waals surface area contributed by atoms with Gasteiger partial charge in [-0.15, -0.1) is 0 Å². The van der Waals surface area contributed by atoms with Gasteiger partial charge >= 0.3 is 0 Å². The van der Waals surface area contributed by atoms with E-state index in [-0.39, 0.29) is 11.8 Å². The maximum atomic E-state index is 12.8. The Morgan fingerprint density at radius 3 is 2.29 bits per heavy atom. The molecule has 1 aliphatic carbocycles. The van der Waals surface area contributed by atoms with Crippen molar-refractivity contribution in [1.82, 2.24) is 14.8 Å². The first kappa shape index (κ1) is 24.9. The molecule has 3 heterocycles. The van der Waals surface area contributed by atoms with Crippen molar-refractivity contribution >= 4 is 34.3 Å². The van der Waals surface area contributed by atoms with E-state index >= 15 is 0 Å². The van der Waals surface area contributed by atoms with E-state index in [4.69, 9.17) is 22.3 Å². The standard InChI is InChI=1S/C20H23ClN2O.C7H14N2O/c21-19-15-7-3-4-8-17(15)22-18-13-14(9-10-16(18)19)20(24)23-11-5-1-2-6-12-23;8-7(10)3-6-9-4-1-2-5-9/h9-10,13H,1-8,11-12H2;1-6H2,(H2,8,10). The van der Waals surface area contributed by atoms with Gasteiger partial charge in [0.05, 0.1) is 10.5 Å². The lowest BCUT2D eigenvalue weighted by atomic mass is 9.94. The molecule has 0 spiro atoms. The molecule has 7 heteroatoms. The van der Waals surface area contributed by atoms with Crippen molar-refractivity contribution in [3.63, 3.8) is 0 Å². The summed E-state index contributed by atoms with van der Waals surface area (Å²) in [5, 5.41) is 1.81. The Morgan fingerprint density at radius 2 is 1.59 bits per heavy atom. The fourth-order valence-corrected chi connectivity index (χ4v) is 5.59. The number of hydrogen-bond donors (Lipinski definition) is 1. The van der Waals surface area contributed by atoms with Crippen LogP contribution in [0, 0.1) is 0 Å². The van der Waals surface area contributed by atoms with Gasteiger partial charge in [0.2, 0.25) is 5.91 Å². The summed E-state index contributed by atoms with van der Waals surface area (Å²) >= 11 is 6.63. The third kappa shape index (κ3) is 6.28. The number of rotatable bonds is 4. The minimum atomic E-state index is -0.188. The van der Waals surface area contributed by atoms with Crippen LogP contribution in [-0.4, -0.2) is 59.3 Å². The zero-order chi connectivity index (χ0) is 23.9. The molecule has 0 bridgehead atoms. The number of benzene rings is 1. The summed E-state index contributed by atoms with van der Waals surface area (Å²) in [6.07, 6.45) is 12.1. The summed E-state index contributed by atoms with van der Waals surface area (Å²) in [7, 11) is 0. The molecule has 2 N–H and O–H groups in total. The number of hydrogen-bond acceptors (Lipinski definition) is 4. The van der Waals surface area contributed by atoms with Crippen molar-refractivity contribution in [2.75, 3.05) is 32.7 Å². The van der Waals surface area contributed by atoms with Gasteiger partial charge < -0.3 is 15.5 Å². The van der Waals surface area contributed by atoms with Gasteiger partial charge in [-0.1, -0.05) is 30.5 Å². The van der Waals surface area contributed by atoms with Gasteiger partial charge in [-0.05, 0) is 82.2 Å². The number of carbonyl (C=O) groups is 2. The van der Waals surface area contributed by atoms with Crippen LogP contribution in [0.4, 0.5) is 0 Å². The molecule has 0 saturated carbocycles. The summed E-state index contributed by atoms with van der Waals surface area (Å²) in [5.41, 5.74) is 8.94. The van der Waals surface area contributed by atoms with Gasteiger partial charge in [0.1, 0.15) is 0 Å². The Bertz CT molecular complexity index is 1010. The van der Waals surface area contributed by atoms with Crippen molar-refractivity contribution in [1.29, 1.82) is 0 Å². The lowest BCUT2D eigenvalue weighted by Gasteiger charge is -2.21. The first-order chi connectivity index (χ1) is 16.5. The number of nitrogens with two attached hydrogens (primary N) is 1. The summed E-state index contributed by atoms with van der Waals surface area (Å²) in [4.78, 5) is 32.3. The van der Waals surface area contributed by atoms with Crippen LogP contribution in [0.3, 0.4) is 0 Å². The molecule has 1 aromatic carbocycles. The number of pyridine rings is 1.